The van der Waals surface area contributed by atoms with Gasteiger partial charge in [-0.2, -0.15) is 0 Å². The van der Waals surface area contributed by atoms with Gasteiger partial charge in [-0.25, -0.2) is 9.88 Å². The Morgan fingerprint density at radius 2 is 1.82 bits per heavy atom. The summed E-state index contributed by atoms with van der Waals surface area (Å²) in [5.41, 5.74) is 0. The van der Waals surface area contributed by atoms with Gasteiger partial charge >= 0.3 is 0 Å². The predicted octanol–water partition coefficient (Wildman–Crippen LogP) is 1.45. The Labute approximate surface area is 102 Å². The normalized spacial score (nSPS) is 38.2. The lowest BCUT2D eigenvalue weighted by Gasteiger charge is -2.14. The second kappa shape index (κ2) is 3.04. The fourth-order valence-electron chi connectivity index (χ4n) is 3.42. The molecule has 1 saturated heterocycles. The van der Waals surface area contributed by atoms with Crippen molar-refractivity contribution in [2.24, 2.45) is 23.7 Å². The van der Waals surface area contributed by atoms with E-state index in [1.54, 1.807) is 11.6 Å². The van der Waals surface area contributed by atoms with Crippen LogP contribution in [0, 0.1) is 23.7 Å². The number of rotatable bonds is 1. The van der Waals surface area contributed by atoms with Gasteiger partial charge in [0.2, 0.25) is 11.8 Å². The number of aromatic nitrogens is 1. The monoisotopic (exact) mass is 246 g/mol. The van der Waals surface area contributed by atoms with Gasteiger partial charge in [-0.05, 0) is 18.3 Å². The van der Waals surface area contributed by atoms with Crippen LogP contribution in [0.1, 0.15) is 6.42 Å². The van der Waals surface area contributed by atoms with Crippen molar-refractivity contribution in [3.63, 3.8) is 0 Å². The Morgan fingerprint density at radius 3 is 2.35 bits per heavy atom. The number of carbonyl (C=O) groups excluding carboxylic acids is 2. The Balaban J connectivity index is 1.79. The van der Waals surface area contributed by atoms with Crippen LogP contribution in [0.4, 0.5) is 5.13 Å². The van der Waals surface area contributed by atoms with Crippen LogP contribution in [0.15, 0.2) is 23.7 Å². The van der Waals surface area contributed by atoms with E-state index in [9.17, 15) is 9.59 Å². The summed E-state index contributed by atoms with van der Waals surface area (Å²) in [6.45, 7) is 0. The average Bonchev–Trinajstić information content (AvgIpc) is 3.03. The summed E-state index contributed by atoms with van der Waals surface area (Å²) in [4.78, 5) is 30.0. The summed E-state index contributed by atoms with van der Waals surface area (Å²) >= 11 is 1.34. The smallest absolute Gasteiger partial charge is 0.240 e. The molecule has 1 aromatic rings. The van der Waals surface area contributed by atoms with Crippen LogP contribution in [0.3, 0.4) is 0 Å². The lowest BCUT2D eigenvalue weighted by atomic mass is 9.85. The van der Waals surface area contributed by atoms with E-state index in [4.69, 9.17) is 0 Å². The summed E-state index contributed by atoms with van der Waals surface area (Å²) in [5, 5.41) is 2.31. The number of hydrogen-bond acceptors (Lipinski definition) is 4. The van der Waals surface area contributed by atoms with E-state index in [1.165, 1.54) is 16.2 Å². The van der Waals surface area contributed by atoms with Crippen molar-refractivity contribution in [1.29, 1.82) is 0 Å². The molecule has 2 aliphatic carbocycles. The quantitative estimate of drug-likeness (QED) is 0.556. The summed E-state index contributed by atoms with van der Waals surface area (Å²) in [6, 6.07) is 0. The van der Waals surface area contributed by atoms with Gasteiger partial charge in [-0.15, -0.1) is 11.3 Å². The van der Waals surface area contributed by atoms with E-state index in [1.807, 2.05) is 0 Å². The lowest BCUT2D eigenvalue weighted by molar-refractivity contribution is -0.123. The third kappa shape index (κ3) is 1.05. The molecule has 2 heterocycles. The van der Waals surface area contributed by atoms with E-state index >= 15 is 0 Å². The Hall–Kier alpha value is -1.49. The molecule has 4 atom stereocenters. The van der Waals surface area contributed by atoms with Crippen LogP contribution in [0.2, 0.25) is 0 Å². The second-order valence-corrected chi connectivity index (χ2v) is 5.70. The Kier molecular flexibility index (Phi) is 1.71. The number of imide groups is 1. The highest BCUT2D eigenvalue weighted by Crippen LogP contribution is 2.53. The zero-order chi connectivity index (χ0) is 11.6. The first-order valence-corrected chi connectivity index (χ1v) is 6.61. The van der Waals surface area contributed by atoms with E-state index < -0.39 is 0 Å². The first kappa shape index (κ1) is 9.53. The van der Waals surface area contributed by atoms with Crippen LogP contribution in [0.25, 0.3) is 0 Å². The molecule has 2 bridgehead atoms. The number of amides is 2. The van der Waals surface area contributed by atoms with E-state index in [-0.39, 0.29) is 35.5 Å². The molecule has 1 saturated carbocycles. The van der Waals surface area contributed by atoms with E-state index in [0.717, 1.165) is 6.42 Å². The Bertz CT molecular complexity index is 507. The number of hydrogen-bond donors (Lipinski definition) is 0. The van der Waals surface area contributed by atoms with Gasteiger partial charge in [0.05, 0.1) is 11.8 Å². The van der Waals surface area contributed by atoms with Gasteiger partial charge in [0.15, 0.2) is 5.13 Å². The summed E-state index contributed by atoms with van der Waals surface area (Å²) in [6.07, 6.45) is 6.80. The molecule has 1 aliphatic heterocycles. The van der Waals surface area contributed by atoms with Crippen LogP contribution in [-0.4, -0.2) is 16.8 Å². The van der Waals surface area contributed by atoms with Gasteiger partial charge in [-0.3, -0.25) is 9.59 Å². The molecule has 86 valence electrons. The van der Waals surface area contributed by atoms with Crippen molar-refractivity contribution in [2.75, 3.05) is 4.90 Å². The number of allylic oxidation sites excluding steroid dienone is 2. The molecule has 0 spiro atoms. The summed E-state index contributed by atoms with van der Waals surface area (Å²) < 4.78 is 0. The van der Waals surface area contributed by atoms with Crippen molar-refractivity contribution in [3.8, 4) is 0 Å². The van der Waals surface area contributed by atoms with Gasteiger partial charge in [-0.1, -0.05) is 12.2 Å². The molecular weight excluding hydrogens is 236 g/mol. The SMILES string of the molecule is O=C1[C@@H]2[C@H](C(=O)N1c1nccs1)[C@H]1C=C[C@H]2C1. The van der Waals surface area contributed by atoms with Crippen LogP contribution in [-0.2, 0) is 9.59 Å². The average molecular weight is 246 g/mol. The minimum absolute atomic E-state index is 0.0493. The number of nitrogens with zero attached hydrogens (tertiary/aromatic N) is 2. The Morgan fingerprint density at radius 1 is 1.18 bits per heavy atom. The molecule has 0 unspecified atom stereocenters. The van der Waals surface area contributed by atoms with Gasteiger partial charge in [0.25, 0.3) is 0 Å². The zero-order valence-corrected chi connectivity index (χ0v) is 9.76. The molecular formula is C12H10N2O2S. The highest BCUT2D eigenvalue weighted by atomic mass is 32.1. The minimum atomic E-state index is -0.124. The molecule has 3 aliphatic rings. The second-order valence-electron chi connectivity index (χ2n) is 4.83. The summed E-state index contributed by atoms with van der Waals surface area (Å²) in [7, 11) is 0. The fourth-order valence-corrected chi connectivity index (χ4v) is 4.07. The third-order valence-electron chi connectivity index (χ3n) is 4.08. The number of anilines is 1. The van der Waals surface area contributed by atoms with Crippen LogP contribution >= 0.6 is 11.3 Å². The van der Waals surface area contributed by atoms with E-state index in [0.29, 0.717) is 5.13 Å². The van der Waals surface area contributed by atoms with Crippen molar-refractivity contribution in [2.45, 2.75) is 6.42 Å². The molecule has 4 rings (SSSR count). The summed E-state index contributed by atoms with van der Waals surface area (Å²) in [5.74, 6) is 0.194. The van der Waals surface area contributed by atoms with Crippen molar-refractivity contribution in [3.05, 3.63) is 23.7 Å². The molecule has 2 fully saturated rings. The third-order valence-corrected chi connectivity index (χ3v) is 4.84. The van der Waals surface area contributed by atoms with Gasteiger partial charge < -0.3 is 0 Å². The van der Waals surface area contributed by atoms with Crippen LogP contribution < -0.4 is 4.90 Å². The number of thiazole rings is 1. The minimum Gasteiger partial charge on any atom is -0.274 e. The first-order valence-electron chi connectivity index (χ1n) is 5.73. The number of fused-ring (bicyclic) bond motifs is 5. The van der Waals surface area contributed by atoms with Crippen molar-refractivity contribution < 1.29 is 9.59 Å². The molecule has 0 radical (unpaired) electrons. The van der Waals surface area contributed by atoms with Gasteiger partial charge in [0, 0.05) is 11.6 Å². The lowest BCUT2D eigenvalue weighted by Crippen LogP contribution is -2.32. The zero-order valence-electron chi connectivity index (χ0n) is 8.95. The standard InChI is InChI=1S/C12H10N2O2S/c15-10-8-6-1-2-7(5-6)9(8)11(16)14(10)12-13-3-4-17-12/h1-4,6-9H,5H2/t6-,7-,8-,9+/m0/s1. The fraction of sp³-hybridized carbons (Fsp3) is 0.417. The molecule has 5 heteroatoms. The highest BCUT2D eigenvalue weighted by molar-refractivity contribution is 7.14. The molecule has 2 amide bonds. The predicted molar refractivity (Wildman–Crippen MR) is 62.3 cm³/mol. The first-order chi connectivity index (χ1) is 8.27. The maximum atomic E-state index is 12.3. The maximum absolute atomic E-state index is 12.3. The van der Waals surface area contributed by atoms with Crippen molar-refractivity contribution in [1.82, 2.24) is 4.98 Å². The molecule has 17 heavy (non-hydrogen) atoms. The van der Waals surface area contributed by atoms with E-state index in [2.05, 4.69) is 17.1 Å². The van der Waals surface area contributed by atoms with Gasteiger partial charge in [0.1, 0.15) is 0 Å². The molecule has 0 N–H and O–H groups in total. The maximum Gasteiger partial charge on any atom is 0.240 e. The molecule has 4 nitrogen and oxygen atoms in total. The largest absolute Gasteiger partial charge is 0.274 e. The number of carbonyl (C=O) groups is 2. The topological polar surface area (TPSA) is 50.3 Å². The highest BCUT2D eigenvalue weighted by Gasteiger charge is 2.60. The molecule has 0 aromatic carbocycles. The molecule has 1 aromatic heterocycles. The van der Waals surface area contributed by atoms with Crippen molar-refractivity contribution >= 4 is 28.3 Å². The van der Waals surface area contributed by atoms with Crippen LogP contribution in [0.5, 0.6) is 0 Å².